The molecule has 0 radical (unpaired) electrons. The van der Waals surface area contributed by atoms with Gasteiger partial charge in [-0.3, -0.25) is 9.59 Å². The fourth-order valence-electron chi connectivity index (χ4n) is 5.06. The fourth-order valence-corrected chi connectivity index (χ4v) is 5.06. The largest absolute Gasteiger partial charge is 0.478 e. The van der Waals surface area contributed by atoms with Crippen LogP contribution in [0.15, 0.2) is 84.9 Å². The van der Waals surface area contributed by atoms with Crippen LogP contribution in [0, 0.1) is 11.8 Å². The van der Waals surface area contributed by atoms with E-state index in [-0.39, 0.29) is 17.4 Å². The highest BCUT2D eigenvalue weighted by Crippen LogP contribution is 2.38. The lowest BCUT2D eigenvalue weighted by molar-refractivity contribution is -0.455. The zero-order chi connectivity index (χ0) is 25.4. The van der Waals surface area contributed by atoms with Crippen molar-refractivity contribution in [2.45, 2.75) is 19.8 Å². The number of carbonyl (C=O) groups excluding carboxylic acids is 2. The van der Waals surface area contributed by atoms with Crippen molar-refractivity contribution in [2.24, 2.45) is 11.8 Å². The fraction of sp³-hybridized carbons (Fsp3) is 0.179. The Morgan fingerprint density at radius 3 is 1.53 bits per heavy atom. The van der Waals surface area contributed by atoms with Crippen molar-refractivity contribution < 1.29 is 29.7 Å². The number of hydrogen-bond donors (Lipinski definition) is 3. The van der Waals surface area contributed by atoms with Crippen molar-refractivity contribution >= 4 is 40.6 Å². The lowest BCUT2D eigenvalue weighted by atomic mass is 9.73. The van der Waals surface area contributed by atoms with Crippen LogP contribution in [0.3, 0.4) is 0 Å². The normalized spacial score (nSPS) is 20.4. The lowest BCUT2D eigenvalue weighted by Gasteiger charge is -2.25. The summed E-state index contributed by atoms with van der Waals surface area (Å²) in [5.74, 6) is -3.25. The molecule has 8 heteroatoms. The molecule has 2 atom stereocenters. The van der Waals surface area contributed by atoms with Crippen LogP contribution < -0.4 is 20.2 Å². The number of nitrogens with one attached hydrogen (secondary N) is 2. The van der Waals surface area contributed by atoms with E-state index in [0.29, 0.717) is 16.9 Å². The van der Waals surface area contributed by atoms with E-state index in [1.807, 2.05) is 74.5 Å². The molecule has 2 amide bonds. The van der Waals surface area contributed by atoms with E-state index in [1.165, 1.54) is 22.2 Å². The van der Waals surface area contributed by atoms with Gasteiger partial charge in [-0.15, -0.1) is 10.2 Å². The molecule has 0 bridgehead atoms. The maximum atomic E-state index is 13.8. The third-order valence-corrected chi connectivity index (χ3v) is 6.77. The van der Waals surface area contributed by atoms with Gasteiger partial charge in [-0.1, -0.05) is 58.5 Å². The Morgan fingerprint density at radius 2 is 1.14 bits per heavy atom. The molecule has 0 saturated carbocycles. The number of benzene rings is 3. The quantitative estimate of drug-likeness (QED) is 0.481. The smallest absolute Gasteiger partial charge is 0.335 e. The van der Waals surface area contributed by atoms with Gasteiger partial charge in [0.2, 0.25) is 0 Å². The van der Waals surface area contributed by atoms with Gasteiger partial charge in [-0.05, 0) is 42.0 Å². The van der Waals surface area contributed by atoms with Gasteiger partial charge >= 0.3 is 5.97 Å². The van der Waals surface area contributed by atoms with E-state index >= 15 is 0 Å². The van der Waals surface area contributed by atoms with Crippen molar-refractivity contribution in [1.82, 2.24) is 0 Å². The molecule has 2 aliphatic heterocycles. The van der Waals surface area contributed by atoms with Gasteiger partial charge in [0.1, 0.15) is 23.2 Å². The number of amides is 2. The highest BCUT2D eigenvalue weighted by Gasteiger charge is 2.55. The third-order valence-electron chi connectivity index (χ3n) is 6.77. The van der Waals surface area contributed by atoms with Gasteiger partial charge in [-0.2, -0.15) is 0 Å². The van der Waals surface area contributed by atoms with E-state index < -0.39 is 23.7 Å². The number of hydrazine groups is 2. The van der Waals surface area contributed by atoms with Crippen LogP contribution in [0.4, 0.5) is 11.4 Å². The molecular formula is C28H26N4O4+2. The Balaban J connectivity index is 1.58. The van der Waals surface area contributed by atoms with E-state index in [2.05, 4.69) is 10.2 Å². The average Bonchev–Trinajstić information content (AvgIpc) is 3.36. The summed E-state index contributed by atoms with van der Waals surface area (Å²) in [6.07, 6.45) is 0. The number of carboxylic acids is 1. The summed E-state index contributed by atoms with van der Waals surface area (Å²) in [4.78, 5) is 39.1. The SMILES string of the molecule is CC1=[NH+]N(c2ccccc2)C(=O)C1C(c1ccc(C(=O)O)cc1)C1C(=O)N(c2ccccc2)[NH+]=C1C. The molecule has 8 nitrogen and oxygen atoms in total. The summed E-state index contributed by atoms with van der Waals surface area (Å²) >= 11 is 0. The summed E-state index contributed by atoms with van der Waals surface area (Å²) in [5, 5.41) is 18.8. The second kappa shape index (κ2) is 9.22. The summed E-state index contributed by atoms with van der Waals surface area (Å²) < 4.78 is 0. The van der Waals surface area contributed by atoms with Gasteiger partial charge in [0.15, 0.2) is 11.4 Å². The third kappa shape index (κ3) is 3.96. The number of hydrogen-bond acceptors (Lipinski definition) is 3. The molecule has 5 rings (SSSR count). The van der Waals surface area contributed by atoms with Crippen molar-refractivity contribution in [3.8, 4) is 0 Å². The molecule has 180 valence electrons. The summed E-state index contributed by atoms with van der Waals surface area (Å²) in [5.41, 5.74) is 3.69. The lowest BCUT2D eigenvalue weighted by Crippen LogP contribution is -2.81. The number of para-hydroxylation sites is 2. The zero-order valence-corrected chi connectivity index (χ0v) is 19.9. The Hall–Kier alpha value is -4.59. The minimum Gasteiger partial charge on any atom is -0.478 e. The minimum absolute atomic E-state index is 0.141. The van der Waals surface area contributed by atoms with Gasteiger partial charge in [0.05, 0.1) is 5.56 Å². The molecule has 0 spiro atoms. The van der Waals surface area contributed by atoms with Crippen LogP contribution in [-0.4, -0.2) is 34.3 Å². The van der Waals surface area contributed by atoms with Crippen molar-refractivity contribution in [3.05, 3.63) is 96.1 Å². The predicted molar refractivity (Wildman–Crippen MR) is 134 cm³/mol. The first-order valence-electron chi connectivity index (χ1n) is 11.7. The number of hydrazone groups is 2. The molecule has 3 N–H and O–H groups in total. The number of carboxylic acid groups (broad SMARTS) is 1. The Bertz CT molecular complexity index is 1300. The highest BCUT2D eigenvalue weighted by molar-refractivity contribution is 6.15. The topological polar surface area (TPSA) is 106 Å². The minimum atomic E-state index is -1.04. The van der Waals surface area contributed by atoms with Crippen LogP contribution in [0.25, 0.3) is 0 Å². The van der Waals surface area contributed by atoms with Gasteiger partial charge in [0.25, 0.3) is 11.8 Å². The van der Waals surface area contributed by atoms with Crippen LogP contribution in [-0.2, 0) is 9.59 Å². The maximum Gasteiger partial charge on any atom is 0.335 e. The second-order valence-corrected chi connectivity index (χ2v) is 9.02. The number of rotatable bonds is 6. The van der Waals surface area contributed by atoms with Crippen molar-refractivity contribution in [1.29, 1.82) is 0 Å². The van der Waals surface area contributed by atoms with Gasteiger partial charge in [-0.25, -0.2) is 4.79 Å². The van der Waals surface area contributed by atoms with Crippen molar-refractivity contribution in [2.75, 3.05) is 10.0 Å². The Morgan fingerprint density at radius 1 is 0.722 bits per heavy atom. The number of aromatic carboxylic acids is 1. The van der Waals surface area contributed by atoms with Gasteiger partial charge < -0.3 is 5.11 Å². The van der Waals surface area contributed by atoms with Crippen LogP contribution in [0.2, 0.25) is 0 Å². The molecule has 0 aliphatic carbocycles. The molecule has 2 unspecified atom stereocenters. The Kier molecular flexibility index (Phi) is 5.93. The zero-order valence-electron chi connectivity index (χ0n) is 19.9. The van der Waals surface area contributed by atoms with E-state index in [1.54, 1.807) is 12.1 Å². The average molecular weight is 483 g/mol. The van der Waals surface area contributed by atoms with E-state index in [9.17, 15) is 19.5 Å². The molecule has 3 aromatic carbocycles. The first kappa shape index (κ1) is 23.2. The Labute approximate surface area is 208 Å². The number of nitrogens with zero attached hydrogens (tertiary/aromatic N) is 2. The second-order valence-electron chi connectivity index (χ2n) is 9.02. The van der Waals surface area contributed by atoms with E-state index in [4.69, 9.17) is 0 Å². The van der Waals surface area contributed by atoms with E-state index in [0.717, 1.165) is 11.4 Å². The molecular weight excluding hydrogens is 456 g/mol. The molecule has 0 saturated heterocycles. The first-order chi connectivity index (χ1) is 17.4. The molecule has 0 aromatic heterocycles. The molecule has 36 heavy (non-hydrogen) atoms. The first-order valence-corrected chi connectivity index (χ1v) is 11.7. The monoisotopic (exact) mass is 482 g/mol. The highest BCUT2D eigenvalue weighted by atomic mass is 16.4. The van der Waals surface area contributed by atoms with Crippen LogP contribution in [0.1, 0.15) is 35.7 Å². The van der Waals surface area contributed by atoms with Gasteiger partial charge in [0, 0.05) is 19.8 Å². The number of carbonyl (C=O) groups is 3. The number of anilines is 2. The maximum absolute atomic E-state index is 13.8. The molecule has 0 fully saturated rings. The molecule has 3 aromatic rings. The standard InChI is InChI=1S/C28H24N4O4/c1-17-23(26(33)31(29-17)21-9-5-3-6-10-21)25(19-13-15-20(16-14-19)28(35)36)24-18(2)30-32(27(24)34)22-11-7-4-8-12-22/h3-16,23-25H,1-2H3,(H,35,36)/p+2. The molecule has 2 aliphatic rings. The van der Waals surface area contributed by atoms with Crippen LogP contribution in [0.5, 0.6) is 0 Å². The summed E-state index contributed by atoms with van der Waals surface area (Å²) in [6, 6.07) is 25.0. The predicted octanol–water partition coefficient (Wildman–Crippen LogP) is 0.707. The van der Waals surface area contributed by atoms with Crippen molar-refractivity contribution in [3.63, 3.8) is 0 Å². The summed E-state index contributed by atoms with van der Waals surface area (Å²) in [7, 11) is 0. The summed E-state index contributed by atoms with van der Waals surface area (Å²) in [6.45, 7) is 3.70. The molecule has 2 heterocycles. The van der Waals surface area contributed by atoms with Crippen LogP contribution >= 0.6 is 0 Å².